The number of aryl methyl sites for hydroxylation is 1. The van der Waals surface area contributed by atoms with Crippen molar-refractivity contribution in [3.8, 4) is 0 Å². The maximum atomic E-state index is 5.79. The van der Waals surface area contributed by atoms with Gasteiger partial charge in [-0.15, -0.1) is 0 Å². The highest BCUT2D eigenvalue weighted by atomic mass is 16.5. The molecule has 1 heterocycles. The first-order chi connectivity index (χ1) is 10.1. The number of ether oxygens (including phenoxy) is 1. The van der Waals surface area contributed by atoms with Crippen LogP contribution >= 0.6 is 0 Å². The minimum atomic E-state index is -0.113. The summed E-state index contributed by atoms with van der Waals surface area (Å²) < 4.78 is 5.79. The molecule has 1 unspecified atom stereocenters. The van der Waals surface area contributed by atoms with Gasteiger partial charge in [0.2, 0.25) is 0 Å². The summed E-state index contributed by atoms with van der Waals surface area (Å²) in [7, 11) is 0. The molecule has 0 aliphatic heterocycles. The van der Waals surface area contributed by atoms with Crippen molar-refractivity contribution in [3.05, 3.63) is 35.5 Å². The van der Waals surface area contributed by atoms with E-state index in [-0.39, 0.29) is 5.60 Å². The van der Waals surface area contributed by atoms with E-state index in [0.29, 0.717) is 6.04 Å². The lowest BCUT2D eigenvalue weighted by molar-refractivity contribution is -0.0110. The first-order valence-electron chi connectivity index (χ1n) is 8.07. The molecular weight excluding hydrogens is 260 g/mol. The molecule has 1 aromatic carbocycles. The van der Waals surface area contributed by atoms with Gasteiger partial charge in [-0.05, 0) is 51.7 Å². The van der Waals surface area contributed by atoms with Crippen molar-refractivity contribution in [3.63, 3.8) is 0 Å². The van der Waals surface area contributed by atoms with Crippen molar-refractivity contribution in [2.75, 3.05) is 13.2 Å². The van der Waals surface area contributed by atoms with Gasteiger partial charge in [-0.1, -0.05) is 18.2 Å². The fourth-order valence-electron chi connectivity index (χ4n) is 3.43. The third-order valence-corrected chi connectivity index (χ3v) is 4.42. The van der Waals surface area contributed by atoms with Crippen molar-refractivity contribution < 1.29 is 4.74 Å². The van der Waals surface area contributed by atoms with Crippen LogP contribution in [0, 0.1) is 0 Å². The largest absolute Gasteiger partial charge is 0.375 e. The summed E-state index contributed by atoms with van der Waals surface area (Å²) >= 11 is 0. The van der Waals surface area contributed by atoms with E-state index in [2.05, 4.69) is 55.3 Å². The second kappa shape index (κ2) is 5.82. The number of aromatic nitrogens is 1. The molecule has 21 heavy (non-hydrogen) atoms. The molecule has 3 rings (SSSR count). The Morgan fingerprint density at radius 2 is 2.14 bits per heavy atom. The molecule has 0 amide bonds. The quantitative estimate of drug-likeness (QED) is 0.873. The van der Waals surface area contributed by atoms with E-state index in [9.17, 15) is 0 Å². The van der Waals surface area contributed by atoms with Crippen molar-refractivity contribution in [2.45, 2.75) is 51.7 Å². The average Bonchev–Trinajstić information content (AvgIpc) is 2.84. The van der Waals surface area contributed by atoms with E-state index in [1.165, 1.54) is 41.4 Å². The Balaban J connectivity index is 1.81. The minimum absolute atomic E-state index is 0.113. The Hall–Kier alpha value is -1.32. The monoisotopic (exact) mass is 286 g/mol. The Bertz CT molecular complexity index is 615. The van der Waals surface area contributed by atoms with E-state index in [1.54, 1.807) is 0 Å². The number of fused-ring (bicyclic) bond motifs is 3. The Morgan fingerprint density at radius 3 is 2.95 bits per heavy atom. The molecule has 3 heteroatoms. The van der Waals surface area contributed by atoms with Crippen LogP contribution in [0.1, 0.15) is 50.9 Å². The van der Waals surface area contributed by atoms with Gasteiger partial charge in [-0.25, -0.2) is 0 Å². The van der Waals surface area contributed by atoms with E-state index < -0.39 is 0 Å². The number of benzene rings is 1. The molecule has 0 fully saturated rings. The third kappa shape index (κ3) is 2.99. The molecule has 3 nitrogen and oxygen atoms in total. The number of aromatic amines is 1. The Kier molecular flexibility index (Phi) is 4.05. The van der Waals surface area contributed by atoms with Crippen molar-refractivity contribution in [1.82, 2.24) is 10.3 Å². The van der Waals surface area contributed by atoms with Crippen LogP contribution in [0.4, 0.5) is 0 Å². The number of nitrogens with one attached hydrogen (secondary N) is 2. The van der Waals surface area contributed by atoms with Gasteiger partial charge in [0, 0.05) is 35.8 Å². The summed E-state index contributed by atoms with van der Waals surface area (Å²) in [6.45, 7) is 7.99. The number of para-hydroxylation sites is 1. The summed E-state index contributed by atoms with van der Waals surface area (Å²) in [5.74, 6) is 0. The van der Waals surface area contributed by atoms with Crippen LogP contribution in [-0.2, 0) is 11.2 Å². The molecule has 0 bridgehead atoms. The molecule has 2 N–H and O–H groups in total. The smallest absolute Gasteiger partial charge is 0.0750 e. The number of hydrogen-bond acceptors (Lipinski definition) is 2. The first kappa shape index (κ1) is 14.6. The second-order valence-corrected chi connectivity index (χ2v) is 6.58. The second-order valence-electron chi connectivity index (χ2n) is 6.58. The molecular formula is C18H26N2O. The van der Waals surface area contributed by atoms with E-state index >= 15 is 0 Å². The van der Waals surface area contributed by atoms with Gasteiger partial charge in [0.25, 0.3) is 0 Å². The standard InChI is InChI=1S/C18H26N2O/c1-4-21-18(2,3)12-19-16-11-7-9-14-13-8-5-6-10-15(13)20-17(14)16/h5-6,8,10,16,19-20H,4,7,9,11-12H2,1-3H3. The number of rotatable bonds is 5. The van der Waals surface area contributed by atoms with Gasteiger partial charge < -0.3 is 15.0 Å². The van der Waals surface area contributed by atoms with Gasteiger partial charge in [-0.3, -0.25) is 0 Å². The molecule has 1 atom stereocenters. The molecule has 0 spiro atoms. The highest BCUT2D eigenvalue weighted by Crippen LogP contribution is 2.34. The van der Waals surface area contributed by atoms with E-state index in [4.69, 9.17) is 4.74 Å². The highest BCUT2D eigenvalue weighted by Gasteiger charge is 2.26. The zero-order chi connectivity index (χ0) is 14.9. The maximum Gasteiger partial charge on any atom is 0.0750 e. The fourth-order valence-corrected chi connectivity index (χ4v) is 3.43. The van der Waals surface area contributed by atoms with Gasteiger partial charge >= 0.3 is 0 Å². The fraction of sp³-hybridized carbons (Fsp3) is 0.556. The van der Waals surface area contributed by atoms with Crippen LogP contribution in [0.3, 0.4) is 0 Å². The normalized spacial score (nSPS) is 18.9. The van der Waals surface area contributed by atoms with Crippen molar-refractivity contribution in [1.29, 1.82) is 0 Å². The van der Waals surface area contributed by atoms with E-state index in [0.717, 1.165) is 13.2 Å². The highest BCUT2D eigenvalue weighted by molar-refractivity contribution is 5.85. The summed E-state index contributed by atoms with van der Waals surface area (Å²) in [6.07, 6.45) is 3.63. The van der Waals surface area contributed by atoms with Crippen molar-refractivity contribution >= 4 is 10.9 Å². The summed E-state index contributed by atoms with van der Waals surface area (Å²) in [5, 5.41) is 5.10. The van der Waals surface area contributed by atoms with Crippen LogP contribution in [0.15, 0.2) is 24.3 Å². The number of hydrogen-bond donors (Lipinski definition) is 2. The zero-order valence-corrected chi connectivity index (χ0v) is 13.3. The molecule has 0 radical (unpaired) electrons. The van der Waals surface area contributed by atoms with Gasteiger partial charge in [0.05, 0.1) is 5.60 Å². The Morgan fingerprint density at radius 1 is 1.33 bits per heavy atom. The summed E-state index contributed by atoms with van der Waals surface area (Å²) in [5.41, 5.74) is 4.04. The predicted octanol–water partition coefficient (Wildman–Crippen LogP) is 3.95. The third-order valence-electron chi connectivity index (χ3n) is 4.42. The van der Waals surface area contributed by atoms with Crippen LogP contribution in [-0.4, -0.2) is 23.7 Å². The van der Waals surface area contributed by atoms with Gasteiger partial charge in [0.1, 0.15) is 0 Å². The molecule has 114 valence electrons. The SMILES string of the molecule is CCOC(C)(C)CNC1CCCc2c1[nH]c1ccccc21. The van der Waals surface area contributed by atoms with E-state index in [1.807, 2.05) is 0 Å². The van der Waals surface area contributed by atoms with Crippen LogP contribution in [0.25, 0.3) is 10.9 Å². The van der Waals surface area contributed by atoms with Crippen molar-refractivity contribution in [2.24, 2.45) is 0 Å². The van der Waals surface area contributed by atoms with Crippen LogP contribution < -0.4 is 5.32 Å². The molecule has 0 saturated carbocycles. The Labute approximate surface area is 127 Å². The lowest BCUT2D eigenvalue weighted by atomic mass is 9.91. The first-order valence-corrected chi connectivity index (χ1v) is 8.07. The van der Waals surface area contributed by atoms with Gasteiger partial charge in [0.15, 0.2) is 0 Å². The van der Waals surface area contributed by atoms with Crippen LogP contribution in [0.5, 0.6) is 0 Å². The molecule has 1 aliphatic carbocycles. The minimum Gasteiger partial charge on any atom is -0.375 e. The lowest BCUT2D eigenvalue weighted by Crippen LogP contribution is -2.40. The summed E-state index contributed by atoms with van der Waals surface area (Å²) in [6, 6.07) is 9.06. The maximum absolute atomic E-state index is 5.79. The summed E-state index contributed by atoms with van der Waals surface area (Å²) in [4.78, 5) is 3.63. The average molecular weight is 286 g/mol. The molecule has 1 aliphatic rings. The molecule has 0 saturated heterocycles. The van der Waals surface area contributed by atoms with Gasteiger partial charge in [-0.2, -0.15) is 0 Å². The van der Waals surface area contributed by atoms with Crippen LogP contribution in [0.2, 0.25) is 0 Å². The molecule has 1 aromatic heterocycles. The topological polar surface area (TPSA) is 37.0 Å². The lowest BCUT2D eigenvalue weighted by Gasteiger charge is -2.30. The molecule has 2 aromatic rings. The predicted molar refractivity (Wildman–Crippen MR) is 87.7 cm³/mol. The zero-order valence-electron chi connectivity index (χ0n) is 13.3. The number of H-pyrrole nitrogens is 1.